The maximum atomic E-state index is 13.3. The molecule has 1 fully saturated rings. The maximum absolute atomic E-state index is 13.3. The average Bonchev–Trinajstić information content (AvgIpc) is 2.32. The number of hydrogen-bond donors (Lipinski definition) is 0. The summed E-state index contributed by atoms with van der Waals surface area (Å²) in [7, 11) is -2.91. The fraction of sp³-hybridized carbons (Fsp3) is 0.733. The molecule has 0 aromatic rings. The molecule has 1 aliphatic rings. The monoisotopic (exact) mass is 301 g/mol. The van der Waals surface area contributed by atoms with Gasteiger partial charge in [0.2, 0.25) is 0 Å². The quantitative estimate of drug-likeness (QED) is 0.433. The fourth-order valence-electron chi connectivity index (χ4n) is 2.35. The largest absolute Gasteiger partial charge is 0.494 e. The normalized spacial score (nSPS) is 29.2. The van der Waals surface area contributed by atoms with Crippen molar-refractivity contribution in [3.8, 4) is 0 Å². The number of nitrogens with zero attached hydrogens (tertiary/aromatic N) is 1. The van der Waals surface area contributed by atoms with E-state index in [9.17, 15) is 4.57 Å². The topological polar surface area (TPSA) is 38.8 Å². The molecule has 0 radical (unpaired) electrons. The van der Waals surface area contributed by atoms with E-state index in [0.29, 0.717) is 18.5 Å². The van der Waals surface area contributed by atoms with Gasteiger partial charge in [-0.2, -0.15) is 0 Å². The van der Waals surface area contributed by atoms with E-state index in [4.69, 9.17) is 9.26 Å². The Morgan fingerprint density at radius 3 is 2.70 bits per heavy atom. The number of ether oxygens (including phenoxy) is 1. The van der Waals surface area contributed by atoms with E-state index < -0.39 is 7.52 Å². The van der Waals surface area contributed by atoms with Crippen molar-refractivity contribution in [3.05, 3.63) is 24.5 Å². The Bertz CT molecular complexity index is 412. The molecule has 116 valence electrons. The van der Waals surface area contributed by atoms with Crippen LogP contribution in [0.3, 0.4) is 0 Å². The molecule has 20 heavy (non-hydrogen) atoms. The van der Waals surface area contributed by atoms with Crippen LogP contribution in [-0.4, -0.2) is 35.6 Å². The number of allylic oxidation sites excluding steroid dienone is 2. The highest BCUT2D eigenvalue weighted by Gasteiger charge is 2.43. The van der Waals surface area contributed by atoms with Crippen molar-refractivity contribution >= 4 is 7.52 Å². The van der Waals surface area contributed by atoms with Crippen LogP contribution in [0.5, 0.6) is 0 Å². The van der Waals surface area contributed by atoms with Gasteiger partial charge in [-0.05, 0) is 47.1 Å². The minimum atomic E-state index is -2.91. The van der Waals surface area contributed by atoms with Crippen LogP contribution in [0.2, 0.25) is 0 Å². The predicted octanol–water partition coefficient (Wildman–Crippen LogP) is 4.20. The summed E-state index contributed by atoms with van der Waals surface area (Å²) in [5, 5.41) is 0. The summed E-state index contributed by atoms with van der Waals surface area (Å²) in [6.07, 6.45) is 4.79. The van der Waals surface area contributed by atoms with Crippen molar-refractivity contribution < 1.29 is 13.8 Å². The molecule has 0 amide bonds. The molecule has 1 saturated heterocycles. The molecule has 0 N–H and O–H groups in total. The lowest BCUT2D eigenvalue weighted by atomic mass is 10.1. The molecule has 1 heterocycles. The van der Waals surface area contributed by atoms with Crippen LogP contribution in [0, 0.1) is 0 Å². The molecule has 0 aliphatic carbocycles. The van der Waals surface area contributed by atoms with E-state index in [0.717, 1.165) is 13.0 Å². The summed E-state index contributed by atoms with van der Waals surface area (Å²) in [6.45, 7) is 14.9. The Kier molecular flexibility index (Phi) is 6.06. The molecule has 0 unspecified atom stereocenters. The van der Waals surface area contributed by atoms with Gasteiger partial charge < -0.3 is 9.26 Å². The molecule has 0 saturated carbocycles. The van der Waals surface area contributed by atoms with Crippen molar-refractivity contribution in [2.24, 2.45) is 0 Å². The second kappa shape index (κ2) is 6.93. The molecule has 1 rings (SSSR count). The SMILES string of the molecule is C=CCO/C(=C/C)C[P@]1(=O)O[C@@H](C)CCN1C(C)(C)C. The van der Waals surface area contributed by atoms with E-state index in [2.05, 4.69) is 27.4 Å². The summed E-state index contributed by atoms with van der Waals surface area (Å²) in [5.74, 6) is 0.705. The molecule has 0 spiro atoms. The third-order valence-electron chi connectivity index (χ3n) is 3.30. The summed E-state index contributed by atoms with van der Waals surface area (Å²) in [6, 6.07) is 0. The number of hydrogen-bond acceptors (Lipinski definition) is 3. The van der Waals surface area contributed by atoms with Crippen LogP contribution < -0.4 is 0 Å². The molecular formula is C15H28NO3P. The van der Waals surface area contributed by atoms with Gasteiger partial charge in [-0.1, -0.05) is 12.7 Å². The molecule has 4 nitrogen and oxygen atoms in total. The maximum Gasteiger partial charge on any atom is 0.280 e. The van der Waals surface area contributed by atoms with Crippen molar-refractivity contribution in [1.29, 1.82) is 0 Å². The van der Waals surface area contributed by atoms with Gasteiger partial charge in [-0.25, -0.2) is 4.67 Å². The standard InChI is InChI=1S/C15H28NO3P/c1-7-11-18-14(8-2)12-20(17)16(15(4,5)6)10-9-13(3)19-20/h7-8,13H,1,9-12H2,2-6H3/b14-8+/t13-,20-/m0/s1. The second-order valence-corrected chi connectivity index (χ2v) is 8.43. The smallest absolute Gasteiger partial charge is 0.280 e. The van der Waals surface area contributed by atoms with E-state index in [-0.39, 0.29) is 11.6 Å². The summed E-state index contributed by atoms with van der Waals surface area (Å²) in [5.41, 5.74) is -0.188. The predicted molar refractivity (Wildman–Crippen MR) is 84.0 cm³/mol. The van der Waals surface area contributed by atoms with Crippen LogP contribution in [0.15, 0.2) is 24.5 Å². The Morgan fingerprint density at radius 1 is 1.55 bits per heavy atom. The first-order chi connectivity index (χ1) is 9.23. The van der Waals surface area contributed by atoms with Gasteiger partial charge in [-0.15, -0.1) is 0 Å². The minimum Gasteiger partial charge on any atom is -0.494 e. The van der Waals surface area contributed by atoms with Crippen molar-refractivity contribution in [2.45, 2.75) is 52.7 Å². The zero-order valence-corrected chi connectivity index (χ0v) is 14.3. The van der Waals surface area contributed by atoms with Crippen LogP contribution >= 0.6 is 7.52 Å². The van der Waals surface area contributed by atoms with Crippen LogP contribution in [0.4, 0.5) is 0 Å². The zero-order valence-electron chi connectivity index (χ0n) is 13.4. The molecule has 0 bridgehead atoms. The third kappa shape index (κ3) is 4.47. The molecule has 5 heteroatoms. The molecular weight excluding hydrogens is 273 g/mol. The lowest BCUT2D eigenvalue weighted by Crippen LogP contribution is -2.45. The lowest BCUT2D eigenvalue weighted by Gasteiger charge is -2.45. The zero-order chi connectivity index (χ0) is 15.4. The van der Waals surface area contributed by atoms with Crippen LogP contribution in [0.1, 0.15) is 41.0 Å². The fourth-order valence-corrected chi connectivity index (χ4v) is 5.37. The Hall–Kier alpha value is -0.570. The minimum absolute atomic E-state index is 0.0249. The van der Waals surface area contributed by atoms with Gasteiger partial charge in [-0.3, -0.25) is 4.57 Å². The van der Waals surface area contributed by atoms with Crippen LogP contribution in [-0.2, 0) is 13.8 Å². The Balaban J connectivity index is 2.94. The molecule has 1 aliphatic heterocycles. The first kappa shape index (κ1) is 17.5. The second-order valence-electron chi connectivity index (χ2n) is 6.15. The van der Waals surface area contributed by atoms with E-state index in [1.165, 1.54) is 0 Å². The Morgan fingerprint density at radius 2 is 2.20 bits per heavy atom. The van der Waals surface area contributed by atoms with Gasteiger partial charge in [0.15, 0.2) is 0 Å². The highest BCUT2D eigenvalue weighted by Crippen LogP contribution is 2.58. The molecule has 0 aromatic carbocycles. The Labute approximate surface area is 123 Å². The summed E-state index contributed by atoms with van der Waals surface area (Å²) < 4.78 is 26.7. The average molecular weight is 301 g/mol. The van der Waals surface area contributed by atoms with E-state index >= 15 is 0 Å². The van der Waals surface area contributed by atoms with Gasteiger partial charge in [0.25, 0.3) is 7.52 Å². The highest BCUT2D eigenvalue weighted by atomic mass is 31.2. The molecule has 0 aromatic heterocycles. The lowest BCUT2D eigenvalue weighted by molar-refractivity contribution is 0.0987. The van der Waals surface area contributed by atoms with Crippen molar-refractivity contribution in [3.63, 3.8) is 0 Å². The summed E-state index contributed by atoms with van der Waals surface area (Å²) >= 11 is 0. The van der Waals surface area contributed by atoms with Gasteiger partial charge in [0.1, 0.15) is 12.4 Å². The van der Waals surface area contributed by atoms with Crippen molar-refractivity contribution in [2.75, 3.05) is 19.3 Å². The van der Waals surface area contributed by atoms with Crippen LogP contribution in [0.25, 0.3) is 0 Å². The van der Waals surface area contributed by atoms with Gasteiger partial charge in [0, 0.05) is 12.1 Å². The van der Waals surface area contributed by atoms with Gasteiger partial charge in [0.05, 0.1) is 12.3 Å². The first-order valence-electron chi connectivity index (χ1n) is 7.17. The molecule has 2 atom stereocenters. The van der Waals surface area contributed by atoms with E-state index in [1.54, 1.807) is 6.08 Å². The number of rotatable bonds is 5. The first-order valence-corrected chi connectivity index (χ1v) is 8.93. The third-order valence-corrected chi connectivity index (χ3v) is 6.23. The van der Waals surface area contributed by atoms with Crippen molar-refractivity contribution in [1.82, 2.24) is 4.67 Å². The van der Waals surface area contributed by atoms with Gasteiger partial charge >= 0.3 is 0 Å². The highest BCUT2D eigenvalue weighted by molar-refractivity contribution is 7.56. The summed E-state index contributed by atoms with van der Waals surface area (Å²) in [4.78, 5) is 0. The van der Waals surface area contributed by atoms with E-state index in [1.807, 2.05) is 24.6 Å².